The van der Waals surface area contributed by atoms with Crippen LogP contribution in [0.2, 0.25) is 0 Å². The van der Waals surface area contributed by atoms with E-state index in [4.69, 9.17) is 13.6 Å². The Morgan fingerprint density at radius 3 is 2.81 bits per heavy atom. The van der Waals surface area contributed by atoms with Crippen LogP contribution in [0.3, 0.4) is 0 Å². The van der Waals surface area contributed by atoms with Crippen LogP contribution in [0.4, 0.5) is 0 Å². The minimum absolute atomic E-state index is 0.127. The van der Waals surface area contributed by atoms with Gasteiger partial charge in [0, 0.05) is 5.56 Å². The summed E-state index contributed by atoms with van der Waals surface area (Å²) < 4.78 is 15.6. The van der Waals surface area contributed by atoms with E-state index in [2.05, 4.69) is 15.5 Å². The maximum Gasteiger partial charge on any atom is 0.328 e. The van der Waals surface area contributed by atoms with Crippen LogP contribution < -0.4 is 5.32 Å². The molecule has 3 rings (SSSR count). The zero-order valence-corrected chi connectivity index (χ0v) is 14.3. The number of hydrogen-bond donors (Lipinski definition) is 1. The average Bonchev–Trinajstić information content (AvgIpc) is 3.30. The summed E-state index contributed by atoms with van der Waals surface area (Å²) in [5, 5.41) is 10.2. The van der Waals surface area contributed by atoms with Gasteiger partial charge < -0.3 is 18.9 Å². The zero-order chi connectivity index (χ0) is 18.5. The Morgan fingerprint density at radius 2 is 2.08 bits per heavy atom. The summed E-state index contributed by atoms with van der Waals surface area (Å²) in [6.45, 7) is 3.23. The quantitative estimate of drug-likeness (QED) is 0.677. The van der Waals surface area contributed by atoms with E-state index < -0.39 is 12.0 Å². The molecule has 1 N–H and O–H groups in total. The van der Waals surface area contributed by atoms with Crippen molar-refractivity contribution >= 4 is 11.9 Å². The normalized spacial score (nSPS) is 11.8. The molecule has 8 nitrogen and oxygen atoms in total. The fourth-order valence-electron chi connectivity index (χ4n) is 2.19. The third kappa shape index (κ3) is 4.15. The predicted octanol–water partition coefficient (Wildman–Crippen LogP) is 2.50. The molecule has 0 aliphatic carbocycles. The number of nitrogens with zero attached hydrogens (tertiary/aromatic N) is 2. The van der Waals surface area contributed by atoms with Crippen molar-refractivity contribution < 1.29 is 23.2 Å². The molecule has 0 spiro atoms. The van der Waals surface area contributed by atoms with Gasteiger partial charge in [0.25, 0.3) is 17.7 Å². The summed E-state index contributed by atoms with van der Waals surface area (Å²) in [5.74, 6) is -0.211. The van der Waals surface area contributed by atoms with Gasteiger partial charge in [-0.2, -0.15) is 0 Å². The molecular weight excluding hydrogens is 338 g/mol. The number of carbonyl (C=O) groups excluding carboxylic acids is 2. The fourth-order valence-corrected chi connectivity index (χ4v) is 2.19. The second-order valence-corrected chi connectivity index (χ2v) is 5.65. The van der Waals surface area contributed by atoms with E-state index in [1.165, 1.54) is 13.2 Å². The molecule has 0 saturated carbocycles. The molecule has 0 aliphatic rings. The molecule has 0 aliphatic heterocycles. The SMILES string of the molecule is Cc1cccc(C(=O)N[C@@H](C)C(=O)OCc2nnc(-c3ccco3)o2)c1. The number of carbonyl (C=O) groups is 2. The lowest BCUT2D eigenvalue weighted by atomic mass is 10.1. The molecule has 0 radical (unpaired) electrons. The standard InChI is InChI=1S/C18H17N3O5/c1-11-5-3-6-13(9-11)16(22)19-12(2)18(23)25-10-15-20-21-17(26-15)14-7-4-8-24-14/h3-9,12H,10H2,1-2H3,(H,19,22)/t12-/m0/s1. The number of esters is 1. The molecule has 2 aromatic heterocycles. The topological polar surface area (TPSA) is 107 Å². The van der Waals surface area contributed by atoms with Crippen molar-refractivity contribution in [1.29, 1.82) is 0 Å². The van der Waals surface area contributed by atoms with Crippen molar-refractivity contribution in [3.63, 3.8) is 0 Å². The van der Waals surface area contributed by atoms with Crippen LogP contribution in [0, 0.1) is 6.92 Å². The van der Waals surface area contributed by atoms with Gasteiger partial charge >= 0.3 is 5.97 Å². The monoisotopic (exact) mass is 355 g/mol. The summed E-state index contributed by atoms with van der Waals surface area (Å²) in [6.07, 6.45) is 1.48. The van der Waals surface area contributed by atoms with E-state index in [1.54, 1.807) is 30.3 Å². The van der Waals surface area contributed by atoms with Crippen molar-refractivity contribution in [3.8, 4) is 11.7 Å². The van der Waals surface area contributed by atoms with Gasteiger partial charge in [0.2, 0.25) is 0 Å². The fraction of sp³-hybridized carbons (Fsp3) is 0.222. The number of amides is 1. The number of furan rings is 1. The highest BCUT2D eigenvalue weighted by molar-refractivity contribution is 5.96. The summed E-state index contributed by atoms with van der Waals surface area (Å²) >= 11 is 0. The lowest BCUT2D eigenvalue weighted by Gasteiger charge is -2.12. The predicted molar refractivity (Wildman–Crippen MR) is 89.9 cm³/mol. The first-order valence-electron chi connectivity index (χ1n) is 7.93. The van der Waals surface area contributed by atoms with Gasteiger partial charge in [-0.1, -0.05) is 17.7 Å². The van der Waals surface area contributed by atoms with Gasteiger partial charge in [-0.3, -0.25) is 4.79 Å². The van der Waals surface area contributed by atoms with Crippen molar-refractivity contribution in [3.05, 3.63) is 59.7 Å². The smallest absolute Gasteiger partial charge is 0.328 e. The Hall–Kier alpha value is -3.42. The molecule has 0 unspecified atom stereocenters. The highest BCUT2D eigenvalue weighted by atomic mass is 16.5. The molecule has 26 heavy (non-hydrogen) atoms. The Labute approximate surface area is 149 Å². The minimum atomic E-state index is -0.824. The van der Waals surface area contributed by atoms with E-state index in [-0.39, 0.29) is 24.3 Å². The van der Waals surface area contributed by atoms with Gasteiger partial charge in [-0.15, -0.1) is 10.2 Å². The minimum Gasteiger partial charge on any atom is -0.459 e. The van der Waals surface area contributed by atoms with Crippen LogP contribution in [0.15, 0.2) is 51.5 Å². The van der Waals surface area contributed by atoms with Crippen molar-refractivity contribution in [2.45, 2.75) is 26.5 Å². The van der Waals surface area contributed by atoms with E-state index in [0.717, 1.165) is 5.56 Å². The largest absolute Gasteiger partial charge is 0.459 e. The molecular formula is C18H17N3O5. The van der Waals surface area contributed by atoms with Crippen molar-refractivity contribution in [1.82, 2.24) is 15.5 Å². The Bertz CT molecular complexity index is 901. The second kappa shape index (κ2) is 7.64. The first kappa shape index (κ1) is 17.4. The van der Waals surface area contributed by atoms with Gasteiger partial charge in [0.15, 0.2) is 12.4 Å². The number of benzene rings is 1. The number of aromatic nitrogens is 2. The number of hydrogen-bond acceptors (Lipinski definition) is 7. The first-order chi connectivity index (χ1) is 12.5. The molecule has 1 amide bonds. The van der Waals surface area contributed by atoms with Gasteiger partial charge in [0.1, 0.15) is 6.04 Å². The average molecular weight is 355 g/mol. The molecule has 1 atom stereocenters. The highest BCUT2D eigenvalue weighted by Crippen LogP contribution is 2.18. The van der Waals surface area contributed by atoms with E-state index in [1.807, 2.05) is 13.0 Å². The lowest BCUT2D eigenvalue weighted by molar-refractivity contribution is -0.147. The van der Waals surface area contributed by atoms with Crippen LogP contribution in [-0.4, -0.2) is 28.1 Å². The van der Waals surface area contributed by atoms with Crippen molar-refractivity contribution in [2.75, 3.05) is 0 Å². The Balaban J connectivity index is 1.52. The molecule has 0 bridgehead atoms. The maximum absolute atomic E-state index is 12.2. The molecule has 3 aromatic rings. The summed E-state index contributed by atoms with van der Waals surface area (Å²) in [4.78, 5) is 24.2. The van der Waals surface area contributed by atoms with Crippen LogP contribution in [0.1, 0.15) is 28.7 Å². The molecule has 134 valence electrons. The lowest BCUT2D eigenvalue weighted by Crippen LogP contribution is -2.39. The third-order valence-corrected chi connectivity index (χ3v) is 3.52. The van der Waals surface area contributed by atoms with Crippen LogP contribution in [0.5, 0.6) is 0 Å². The van der Waals surface area contributed by atoms with Gasteiger partial charge in [0.05, 0.1) is 6.26 Å². The van der Waals surface area contributed by atoms with Crippen LogP contribution in [0.25, 0.3) is 11.7 Å². The third-order valence-electron chi connectivity index (χ3n) is 3.52. The summed E-state index contributed by atoms with van der Waals surface area (Å²) in [6, 6.07) is 9.62. The van der Waals surface area contributed by atoms with Crippen LogP contribution in [-0.2, 0) is 16.1 Å². The van der Waals surface area contributed by atoms with Crippen LogP contribution >= 0.6 is 0 Å². The molecule has 1 aromatic carbocycles. The number of nitrogens with one attached hydrogen (secondary N) is 1. The molecule has 0 fully saturated rings. The maximum atomic E-state index is 12.2. The summed E-state index contributed by atoms with van der Waals surface area (Å²) in [7, 11) is 0. The van der Waals surface area contributed by atoms with Crippen molar-refractivity contribution in [2.24, 2.45) is 0 Å². The van der Waals surface area contributed by atoms with Gasteiger partial charge in [-0.25, -0.2) is 4.79 Å². The highest BCUT2D eigenvalue weighted by Gasteiger charge is 2.19. The number of ether oxygens (including phenoxy) is 1. The zero-order valence-electron chi connectivity index (χ0n) is 14.3. The Morgan fingerprint density at radius 1 is 1.23 bits per heavy atom. The van der Waals surface area contributed by atoms with E-state index >= 15 is 0 Å². The molecule has 8 heteroatoms. The molecule has 0 saturated heterocycles. The number of rotatable bonds is 6. The summed E-state index contributed by atoms with van der Waals surface area (Å²) in [5.41, 5.74) is 1.43. The molecule has 2 heterocycles. The van der Waals surface area contributed by atoms with Gasteiger partial charge in [-0.05, 0) is 38.1 Å². The first-order valence-corrected chi connectivity index (χ1v) is 7.93. The Kier molecular flexibility index (Phi) is 5.12. The van der Waals surface area contributed by atoms with E-state index in [0.29, 0.717) is 11.3 Å². The number of aryl methyl sites for hydroxylation is 1. The van der Waals surface area contributed by atoms with E-state index in [9.17, 15) is 9.59 Å². The second-order valence-electron chi connectivity index (χ2n) is 5.65.